The second kappa shape index (κ2) is 5.01. The fourth-order valence-electron chi connectivity index (χ4n) is 3.55. The molecule has 1 aromatic heterocycles. The van der Waals surface area contributed by atoms with Gasteiger partial charge in [-0.25, -0.2) is 0 Å². The molecule has 2 nitrogen and oxygen atoms in total. The van der Waals surface area contributed by atoms with Crippen molar-refractivity contribution in [1.82, 2.24) is 4.57 Å². The first kappa shape index (κ1) is 12.7. The summed E-state index contributed by atoms with van der Waals surface area (Å²) in [5.41, 5.74) is 10.5. The lowest BCUT2D eigenvalue weighted by molar-refractivity contribution is 0.309. The van der Waals surface area contributed by atoms with Crippen LogP contribution in [0.2, 0.25) is 0 Å². The van der Waals surface area contributed by atoms with Crippen LogP contribution in [0.5, 0.6) is 0 Å². The number of fused-ring (bicyclic) bond motifs is 1. The summed E-state index contributed by atoms with van der Waals surface area (Å²) >= 11 is 0. The molecule has 0 spiro atoms. The molecule has 102 valence electrons. The third kappa shape index (κ3) is 2.30. The number of hydrogen-bond donors (Lipinski definition) is 1. The van der Waals surface area contributed by atoms with Crippen LogP contribution in [0, 0.1) is 12.8 Å². The first-order valence-electron chi connectivity index (χ1n) is 7.48. The Kier molecular flexibility index (Phi) is 3.36. The van der Waals surface area contributed by atoms with Gasteiger partial charge in [-0.15, -0.1) is 0 Å². The van der Waals surface area contributed by atoms with Gasteiger partial charge in [-0.2, -0.15) is 0 Å². The molecular formula is C17H24N2. The van der Waals surface area contributed by atoms with E-state index in [1.807, 2.05) is 0 Å². The zero-order valence-corrected chi connectivity index (χ0v) is 12.0. The minimum Gasteiger partial charge on any atom is -0.350 e. The number of aromatic nitrogens is 1. The average molecular weight is 256 g/mol. The van der Waals surface area contributed by atoms with Crippen LogP contribution >= 0.6 is 0 Å². The van der Waals surface area contributed by atoms with Crippen LogP contribution in [0.3, 0.4) is 0 Å². The Morgan fingerprint density at radius 1 is 1.21 bits per heavy atom. The van der Waals surface area contributed by atoms with Crippen molar-refractivity contribution in [2.45, 2.75) is 45.1 Å². The van der Waals surface area contributed by atoms with Gasteiger partial charge in [0.25, 0.3) is 0 Å². The lowest BCUT2D eigenvalue weighted by atomic mass is 9.81. The molecule has 2 heteroatoms. The van der Waals surface area contributed by atoms with Crippen LogP contribution < -0.4 is 5.73 Å². The Hall–Kier alpha value is -1.28. The summed E-state index contributed by atoms with van der Waals surface area (Å²) in [6, 6.07) is 6.87. The highest BCUT2D eigenvalue weighted by Crippen LogP contribution is 2.36. The Labute approximate surface area is 115 Å². The molecule has 1 unspecified atom stereocenters. The van der Waals surface area contributed by atoms with E-state index in [1.54, 1.807) is 0 Å². The molecule has 1 aliphatic carbocycles. The highest BCUT2D eigenvalue weighted by Gasteiger charge is 2.24. The van der Waals surface area contributed by atoms with Crippen molar-refractivity contribution in [2.24, 2.45) is 18.7 Å². The van der Waals surface area contributed by atoms with E-state index in [4.69, 9.17) is 5.73 Å². The Morgan fingerprint density at radius 2 is 1.95 bits per heavy atom. The minimum absolute atomic E-state index is 0.200. The molecule has 1 heterocycles. The van der Waals surface area contributed by atoms with Crippen LogP contribution in [0.4, 0.5) is 0 Å². The van der Waals surface area contributed by atoms with E-state index in [0.717, 1.165) is 0 Å². The Morgan fingerprint density at radius 3 is 2.68 bits per heavy atom. The van der Waals surface area contributed by atoms with Gasteiger partial charge in [-0.1, -0.05) is 30.9 Å². The number of rotatable bonds is 2. The Bertz CT molecular complexity index is 576. The zero-order valence-electron chi connectivity index (χ0n) is 12.0. The third-order valence-electron chi connectivity index (χ3n) is 4.69. The fourth-order valence-corrected chi connectivity index (χ4v) is 3.55. The van der Waals surface area contributed by atoms with Crippen LogP contribution in [0.25, 0.3) is 10.9 Å². The van der Waals surface area contributed by atoms with E-state index in [1.165, 1.54) is 54.1 Å². The number of nitrogens with two attached hydrogens (primary N) is 1. The number of hydrogen-bond acceptors (Lipinski definition) is 1. The smallest absolute Gasteiger partial charge is 0.0481 e. The molecule has 1 fully saturated rings. The van der Waals surface area contributed by atoms with Gasteiger partial charge in [-0.05, 0) is 43.4 Å². The maximum atomic E-state index is 6.59. The highest BCUT2D eigenvalue weighted by atomic mass is 14.9. The van der Waals surface area contributed by atoms with Crippen molar-refractivity contribution in [1.29, 1.82) is 0 Å². The molecule has 0 amide bonds. The molecule has 1 aromatic carbocycles. The van der Waals surface area contributed by atoms with Crippen molar-refractivity contribution < 1.29 is 0 Å². The summed E-state index contributed by atoms with van der Waals surface area (Å²) in [5, 5.41) is 1.35. The maximum absolute atomic E-state index is 6.59. The largest absolute Gasteiger partial charge is 0.350 e. The molecule has 1 saturated carbocycles. The van der Waals surface area contributed by atoms with Crippen LogP contribution in [0.1, 0.15) is 49.3 Å². The number of nitrogens with zero attached hydrogens (tertiary/aromatic N) is 1. The maximum Gasteiger partial charge on any atom is 0.0481 e. The first-order valence-corrected chi connectivity index (χ1v) is 7.48. The number of benzene rings is 1. The normalized spacial score (nSPS) is 18.9. The molecule has 1 atom stereocenters. The standard InChI is InChI=1S/C17H24N2/c1-12-8-9-16-14(10-12)15(11-19(16)2)17(18)13-6-4-3-5-7-13/h8-11,13,17H,3-7,18H2,1-2H3. The molecule has 0 radical (unpaired) electrons. The summed E-state index contributed by atoms with van der Waals surface area (Å²) in [6.45, 7) is 2.16. The fraction of sp³-hybridized carbons (Fsp3) is 0.529. The second-order valence-corrected chi connectivity index (χ2v) is 6.14. The van der Waals surface area contributed by atoms with Crippen molar-refractivity contribution in [3.05, 3.63) is 35.5 Å². The van der Waals surface area contributed by atoms with Crippen molar-refractivity contribution in [2.75, 3.05) is 0 Å². The number of aryl methyl sites for hydroxylation is 2. The summed E-state index contributed by atoms with van der Waals surface area (Å²) in [6.07, 6.45) is 8.91. The van der Waals surface area contributed by atoms with E-state index in [9.17, 15) is 0 Å². The third-order valence-corrected chi connectivity index (χ3v) is 4.69. The molecule has 19 heavy (non-hydrogen) atoms. The minimum atomic E-state index is 0.200. The Balaban J connectivity index is 2.01. The topological polar surface area (TPSA) is 30.9 Å². The lowest BCUT2D eigenvalue weighted by Gasteiger charge is -2.27. The van der Waals surface area contributed by atoms with Crippen molar-refractivity contribution in [3.63, 3.8) is 0 Å². The molecule has 0 saturated heterocycles. The van der Waals surface area contributed by atoms with E-state index < -0.39 is 0 Å². The molecule has 0 aliphatic heterocycles. The predicted molar refractivity (Wildman–Crippen MR) is 81.2 cm³/mol. The molecular weight excluding hydrogens is 232 g/mol. The van der Waals surface area contributed by atoms with Gasteiger partial charge in [0.1, 0.15) is 0 Å². The molecule has 1 aliphatic rings. The van der Waals surface area contributed by atoms with E-state index in [2.05, 4.69) is 42.9 Å². The summed E-state index contributed by atoms with van der Waals surface area (Å²) in [5.74, 6) is 0.667. The van der Waals surface area contributed by atoms with E-state index in [0.29, 0.717) is 5.92 Å². The van der Waals surface area contributed by atoms with Gasteiger partial charge < -0.3 is 10.3 Å². The van der Waals surface area contributed by atoms with Crippen LogP contribution in [-0.2, 0) is 7.05 Å². The first-order chi connectivity index (χ1) is 9.16. The van der Waals surface area contributed by atoms with Gasteiger partial charge in [-0.3, -0.25) is 0 Å². The quantitative estimate of drug-likeness (QED) is 0.863. The van der Waals surface area contributed by atoms with Crippen molar-refractivity contribution >= 4 is 10.9 Å². The molecule has 0 bridgehead atoms. The van der Waals surface area contributed by atoms with Gasteiger partial charge in [0.2, 0.25) is 0 Å². The van der Waals surface area contributed by atoms with Gasteiger partial charge in [0.15, 0.2) is 0 Å². The molecule has 2 N–H and O–H groups in total. The SMILES string of the molecule is Cc1ccc2c(c1)c(C(N)C1CCCCC1)cn2C. The average Bonchev–Trinajstić information content (AvgIpc) is 2.75. The van der Waals surface area contributed by atoms with Gasteiger partial charge in [0.05, 0.1) is 0 Å². The summed E-state index contributed by atoms with van der Waals surface area (Å²) in [4.78, 5) is 0. The van der Waals surface area contributed by atoms with Gasteiger partial charge in [0, 0.05) is 30.2 Å². The van der Waals surface area contributed by atoms with E-state index >= 15 is 0 Å². The van der Waals surface area contributed by atoms with Crippen LogP contribution in [-0.4, -0.2) is 4.57 Å². The zero-order chi connectivity index (χ0) is 13.4. The molecule has 2 aromatic rings. The van der Waals surface area contributed by atoms with Crippen molar-refractivity contribution in [3.8, 4) is 0 Å². The lowest BCUT2D eigenvalue weighted by Crippen LogP contribution is -2.23. The monoisotopic (exact) mass is 256 g/mol. The van der Waals surface area contributed by atoms with Crippen LogP contribution in [0.15, 0.2) is 24.4 Å². The predicted octanol–water partition coefficient (Wildman–Crippen LogP) is 4.07. The highest BCUT2D eigenvalue weighted by molar-refractivity contribution is 5.85. The summed E-state index contributed by atoms with van der Waals surface area (Å²) in [7, 11) is 2.12. The molecule has 3 rings (SSSR count). The summed E-state index contributed by atoms with van der Waals surface area (Å²) < 4.78 is 2.22. The van der Waals surface area contributed by atoms with Gasteiger partial charge >= 0.3 is 0 Å². The second-order valence-electron chi connectivity index (χ2n) is 6.14. The van der Waals surface area contributed by atoms with E-state index in [-0.39, 0.29) is 6.04 Å².